The van der Waals surface area contributed by atoms with Gasteiger partial charge in [-0.25, -0.2) is 13.1 Å². The minimum absolute atomic E-state index is 0.0553. The molecular formula is C17H19N3O6S. The molecule has 0 unspecified atom stereocenters. The van der Waals surface area contributed by atoms with E-state index in [-0.39, 0.29) is 24.0 Å². The van der Waals surface area contributed by atoms with Crippen LogP contribution in [0.1, 0.15) is 13.3 Å². The van der Waals surface area contributed by atoms with Crippen LogP contribution in [0.25, 0.3) is 0 Å². The number of carbonyl (C=O) groups is 1. The van der Waals surface area contributed by atoms with Crippen LogP contribution >= 0.6 is 0 Å². The summed E-state index contributed by atoms with van der Waals surface area (Å²) in [5, 5.41) is 13.6. The van der Waals surface area contributed by atoms with Crippen molar-refractivity contribution in [1.29, 1.82) is 0 Å². The van der Waals surface area contributed by atoms with Crippen LogP contribution in [-0.2, 0) is 14.8 Å². The number of hydrogen-bond acceptors (Lipinski definition) is 6. The topological polar surface area (TPSA) is 128 Å². The van der Waals surface area contributed by atoms with Crippen molar-refractivity contribution in [3.8, 4) is 5.75 Å². The summed E-state index contributed by atoms with van der Waals surface area (Å²) < 4.78 is 32.3. The highest BCUT2D eigenvalue weighted by atomic mass is 32.2. The fourth-order valence-corrected chi connectivity index (χ4v) is 3.49. The van der Waals surface area contributed by atoms with Crippen LogP contribution < -0.4 is 14.8 Å². The van der Waals surface area contributed by atoms with Gasteiger partial charge < -0.3 is 10.1 Å². The number of nitrogens with one attached hydrogen (secondary N) is 2. The highest BCUT2D eigenvalue weighted by molar-refractivity contribution is 7.89. The molecule has 2 aromatic rings. The maximum absolute atomic E-state index is 12.2. The molecule has 0 radical (unpaired) electrons. The molecule has 1 amide bonds. The summed E-state index contributed by atoms with van der Waals surface area (Å²) in [5.74, 6) is 0.333. The lowest BCUT2D eigenvalue weighted by Crippen LogP contribution is -2.26. The van der Waals surface area contributed by atoms with Gasteiger partial charge in [-0.2, -0.15) is 0 Å². The van der Waals surface area contributed by atoms with Gasteiger partial charge in [-0.3, -0.25) is 14.9 Å². The molecule has 0 aliphatic carbocycles. The highest BCUT2D eigenvalue weighted by Crippen LogP contribution is 2.22. The molecule has 0 heterocycles. The number of anilines is 1. The third kappa shape index (κ3) is 6.04. The van der Waals surface area contributed by atoms with Crippen molar-refractivity contribution < 1.29 is 22.9 Å². The van der Waals surface area contributed by atoms with Gasteiger partial charge in [0, 0.05) is 31.3 Å². The number of benzene rings is 2. The molecule has 2 rings (SSSR count). The quantitative estimate of drug-likeness (QED) is 0.382. The van der Waals surface area contributed by atoms with Crippen LogP contribution in [0.4, 0.5) is 11.4 Å². The molecule has 0 atom stereocenters. The lowest BCUT2D eigenvalue weighted by Gasteiger charge is -2.09. The third-order valence-electron chi connectivity index (χ3n) is 3.39. The number of nitro groups is 1. The van der Waals surface area contributed by atoms with Gasteiger partial charge in [0.1, 0.15) is 5.75 Å². The Morgan fingerprint density at radius 3 is 2.63 bits per heavy atom. The molecule has 0 fully saturated rings. The number of para-hydroxylation sites is 1. The monoisotopic (exact) mass is 393 g/mol. The van der Waals surface area contributed by atoms with Gasteiger partial charge in [-0.1, -0.05) is 18.2 Å². The number of rotatable bonds is 9. The summed E-state index contributed by atoms with van der Waals surface area (Å²) in [4.78, 5) is 20.9. The summed E-state index contributed by atoms with van der Waals surface area (Å²) in [7, 11) is -4.00. The summed E-state index contributed by atoms with van der Waals surface area (Å²) in [6, 6.07) is 12.0. The molecule has 0 saturated heterocycles. The Kier molecular flexibility index (Phi) is 6.85. The first-order valence-corrected chi connectivity index (χ1v) is 9.51. The average molecular weight is 393 g/mol. The lowest BCUT2D eigenvalue weighted by molar-refractivity contribution is -0.387. The lowest BCUT2D eigenvalue weighted by atomic mass is 10.3. The molecule has 0 spiro atoms. The minimum Gasteiger partial charge on any atom is -0.493 e. The SMILES string of the molecule is CC(=O)Nc1cccc(OCCCNS(=O)(=O)c2ccccc2[N+](=O)[O-])c1. The summed E-state index contributed by atoms with van der Waals surface area (Å²) >= 11 is 0. The number of hydrogen-bond donors (Lipinski definition) is 2. The maximum Gasteiger partial charge on any atom is 0.289 e. The van der Waals surface area contributed by atoms with Gasteiger partial charge in [0.15, 0.2) is 4.90 Å². The Balaban J connectivity index is 1.86. The van der Waals surface area contributed by atoms with Crippen molar-refractivity contribution in [2.75, 3.05) is 18.5 Å². The van der Waals surface area contributed by atoms with Crippen LogP contribution in [-0.4, -0.2) is 32.4 Å². The van der Waals surface area contributed by atoms with Crippen molar-refractivity contribution in [2.24, 2.45) is 0 Å². The van der Waals surface area contributed by atoms with Gasteiger partial charge in [0.2, 0.25) is 15.9 Å². The Morgan fingerprint density at radius 1 is 1.19 bits per heavy atom. The fourth-order valence-electron chi connectivity index (χ4n) is 2.25. The van der Waals surface area contributed by atoms with Crippen LogP contribution in [0.3, 0.4) is 0 Å². The first-order valence-electron chi connectivity index (χ1n) is 8.03. The van der Waals surface area contributed by atoms with E-state index in [1.165, 1.54) is 25.1 Å². The molecule has 2 aromatic carbocycles. The van der Waals surface area contributed by atoms with E-state index >= 15 is 0 Å². The zero-order valence-corrected chi connectivity index (χ0v) is 15.4. The van der Waals surface area contributed by atoms with Crippen molar-refractivity contribution >= 4 is 27.3 Å². The zero-order chi connectivity index (χ0) is 19.9. The normalized spacial score (nSPS) is 11.0. The molecule has 9 nitrogen and oxygen atoms in total. The Morgan fingerprint density at radius 2 is 1.93 bits per heavy atom. The van der Waals surface area contributed by atoms with Crippen LogP contribution in [0.2, 0.25) is 0 Å². The van der Waals surface area contributed by atoms with Crippen molar-refractivity contribution in [2.45, 2.75) is 18.2 Å². The standard InChI is InChI=1S/C17H19N3O6S/c1-13(21)19-14-6-4-7-15(12-14)26-11-5-10-18-27(24,25)17-9-3-2-8-16(17)20(22)23/h2-4,6-9,12,18H,5,10-11H2,1H3,(H,19,21). The van der Waals surface area contributed by atoms with E-state index in [0.717, 1.165) is 6.07 Å². The summed E-state index contributed by atoms with van der Waals surface area (Å²) in [6.07, 6.45) is 0.351. The van der Waals surface area contributed by atoms with Gasteiger partial charge in [0.05, 0.1) is 11.5 Å². The third-order valence-corrected chi connectivity index (χ3v) is 4.90. The van der Waals surface area contributed by atoms with Gasteiger partial charge in [-0.05, 0) is 24.6 Å². The van der Waals surface area contributed by atoms with Gasteiger partial charge >= 0.3 is 0 Å². The number of nitro benzene ring substituents is 1. The van der Waals surface area contributed by atoms with Crippen LogP contribution in [0, 0.1) is 10.1 Å². The average Bonchev–Trinajstić information content (AvgIpc) is 2.61. The van der Waals surface area contributed by atoms with Crippen molar-refractivity contribution in [1.82, 2.24) is 4.72 Å². The molecule has 10 heteroatoms. The first kappa shape index (κ1) is 20.3. The molecule has 0 aliphatic heterocycles. The second kappa shape index (κ2) is 9.10. The van der Waals surface area contributed by atoms with E-state index < -0.39 is 20.6 Å². The molecule has 144 valence electrons. The number of sulfonamides is 1. The zero-order valence-electron chi connectivity index (χ0n) is 14.5. The largest absolute Gasteiger partial charge is 0.493 e. The Bertz CT molecular complexity index is 930. The smallest absolute Gasteiger partial charge is 0.289 e. The molecule has 0 saturated carbocycles. The van der Waals surface area contributed by atoms with E-state index in [1.807, 2.05) is 0 Å². The number of amides is 1. The number of carbonyl (C=O) groups excluding carboxylic acids is 1. The predicted molar refractivity (Wildman–Crippen MR) is 99.1 cm³/mol. The molecular weight excluding hydrogens is 374 g/mol. The highest BCUT2D eigenvalue weighted by Gasteiger charge is 2.24. The second-order valence-electron chi connectivity index (χ2n) is 5.53. The molecule has 27 heavy (non-hydrogen) atoms. The van der Waals surface area contributed by atoms with Gasteiger partial charge in [0.25, 0.3) is 5.69 Å². The van der Waals surface area contributed by atoms with Crippen LogP contribution in [0.5, 0.6) is 5.75 Å². The van der Waals surface area contributed by atoms with E-state index in [4.69, 9.17) is 4.74 Å². The fraction of sp³-hybridized carbons (Fsp3) is 0.235. The molecule has 0 aromatic heterocycles. The van der Waals surface area contributed by atoms with Crippen molar-refractivity contribution in [3.05, 3.63) is 58.6 Å². The summed E-state index contributed by atoms with van der Waals surface area (Å²) in [5.41, 5.74) is 0.119. The van der Waals surface area contributed by atoms with E-state index in [2.05, 4.69) is 10.0 Å². The Labute approximate surface area is 156 Å². The van der Waals surface area contributed by atoms with Crippen molar-refractivity contribution in [3.63, 3.8) is 0 Å². The predicted octanol–water partition coefficient (Wildman–Crippen LogP) is 2.30. The second-order valence-corrected chi connectivity index (χ2v) is 7.27. The number of nitrogens with zero attached hydrogens (tertiary/aromatic N) is 1. The van der Waals surface area contributed by atoms with E-state index in [0.29, 0.717) is 17.9 Å². The Hall–Kier alpha value is -2.98. The van der Waals surface area contributed by atoms with Gasteiger partial charge in [-0.15, -0.1) is 0 Å². The molecule has 0 bridgehead atoms. The van der Waals surface area contributed by atoms with E-state index in [9.17, 15) is 23.3 Å². The molecule has 0 aliphatic rings. The summed E-state index contributed by atoms with van der Waals surface area (Å²) in [6.45, 7) is 1.68. The number of ether oxygens (including phenoxy) is 1. The maximum atomic E-state index is 12.2. The van der Waals surface area contributed by atoms with E-state index in [1.54, 1.807) is 24.3 Å². The molecule has 2 N–H and O–H groups in total. The first-order chi connectivity index (χ1) is 12.8. The van der Waals surface area contributed by atoms with Crippen LogP contribution in [0.15, 0.2) is 53.4 Å². The minimum atomic E-state index is -4.00.